The minimum atomic E-state index is -5.00. The fraction of sp³-hybridized carbons (Fsp3) is 1.00. The van der Waals surface area contributed by atoms with Crippen molar-refractivity contribution in [3.05, 3.63) is 0 Å². The molecule has 2 rings (SSSR count). The van der Waals surface area contributed by atoms with Crippen LogP contribution in [0.3, 0.4) is 0 Å². The Hall–Kier alpha value is 0.560. The highest BCUT2D eigenvalue weighted by Gasteiger charge is 2.47. The van der Waals surface area contributed by atoms with Crippen LogP contribution in [0, 0.1) is 0 Å². The Morgan fingerprint density at radius 1 is 0.905 bits per heavy atom. The van der Waals surface area contributed by atoms with Crippen LogP contribution in [0.15, 0.2) is 0 Å². The molecule has 2 fully saturated rings. The van der Waals surface area contributed by atoms with Crippen LogP contribution in [-0.4, -0.2) is 40.1 Å². The molecule has 13 nitrogen and oxygen atoms in total. The van der Waals surface area contributed by atoms with Crippen molar-refractivity contribution in [2.45, 2.75) is 12.2 Å². The minimum absolute atomic E-state index is 0.619. The van der Waals surface area contributed by atoms with Gasteiger partial charge in [-0.05, 0) is 0 Å². The monoisotopic (exact) mass is 390 g/mol. The molecular formula is C4H10O13P4. The SMILES string of the molecule is O=[PH]1OC[C@@H]([C@H]2COP(=O)(O)OP(=O)(O)O2)OP(=O)(O)O1. The average molecular weight is 390 g/mol. The molecule has 2 saturated heterocycles. The summed E-state index contributed by atoms with van der Waals surface area (Å²) in [6, 6.07) is 0. The molecule has 6 atom stereocenters. The van der Waals surface area contributed by atoms with Gasteiger partial charge in [0.15, 0.2) is 0 Å². The lowest BCUT2D eigenvalue weighted by Gasteiger charge is -2.23. The molecule has 0 aromatic rings. The third-order valence-electron chi connectivity index (χ3n) is 2.12. The summed E-state index contributed by atoms with van der Waals surface area (Å²) < 4.78 is 71.0. The number of phosphoric ester groups is 3. The molecule has 0 aromatic carbocycles. The fourth-order valence-corrected chi connectivity index (χ4v) is 5.62. The highest BCUT2D eigenvalue weighted by molar-refractivity contribution is 7.61. The molecule has 0 saturated carbocycles. The Labute approximate surface area is 117 Å². The molecule has 21 heavy (non-hydrogen) atoms. The first kappa shape index (κ1) is 17.9. The molecule has 17 heteroatoms. The summed E-state index contributed by atoms with van der Waals surface area (Å²) in [4.78, 5) is 27.5. The molecule has 2 aliphatic heterocycles. The summed E-state index contributed by atoms with van der Waals surface area (Å²) in [5.74, 6) is 0. The lowest BCUT2D eigenvalue weighted by atomic mass is 10.2. The van der Waals surface area contributed by atoms with Crippen LogP contribution in [-0.2, 0) is 45.0 Å². The fourth-order valence-electron chi connectivity index (χ4n) is 1.39. The van der Waals surface area contributed by atoms with E-state index in [1.54, 1.807) is 0 Å². The average Bonchev–Trinajstić information content (AvgIpc) is 2.46. The van der Waals surface area contributed by atoms with Crippen LogP contribution in [0.4, 0.5) is 0 Å². The summed E-state index contributed by atoms with van der Waals surface area (Å²) in [5.41, 5.74) is 0. The Morgan fingerprint density at radius 2 is 1.48 bits per heavy atom. The number of hydrogen-bond donors (Lipinski definition) is 3. The van der Waals surface area contributed by atoms with Crippen molar-refractivity contribution in [3.63, 3.8) is 0 Å². The van der Waals surface area contributed by atoms with Crippen LogP contribution >= 0.6 is 31.7 Å². The van der Waals surface area contributed by atoms with Crippen molar-refractivity contribution in [3.8, 4) is 0 Å². The smallest absolute Gasteiger partial charge is 0.307 e. The molecule has 4 unspecified atom stereocenters. The van der Waals surface area contributed by atoms with Gasteiger partial charge in [-0.1, -0.05) is 0 Å². The van der Waals surface area contributed by atoms with E-state index in [4.69, 9.17) is 4.89 Å². The lowest BCUT2D eigenvalue weighted by Crippen LogP contribution is -2.35. The van der Waals surface area contributed by atoms with Gasteiger partial charge in [0.05, 0.1) is 13.2 Å². The Balaban J connectivity index is 2.20. The summed E-state index contributed by atoms with van der Waals surface area (Å²) in [6.07, 6.45) is -3.14. The maximum atomic E-state index is 11.4. The first-order valence-corrected chi connectivity index (χ1v) is 10.8. The molecule has 0 aromatic heterocycles. The number of hydrogen-bond acceptors (Lipinski definition) is 10. The molecule has 2 heterocycles. The van der Waals surface area contributed by atoms with E-state index in [1.807, 2.05) is 0 Å². The molecule has 0 aliphatic carbocycles. The topological polar surface area (TPSA) is 184 Å². The second-order valence-corrected chi connectivity index (χ2v) is 9.39. The summed E-state index contributed by atoms with van der Waals surface area (Å²) in [7, 11) is -17.9. The maximum Gasteiger partial charge on any atom is 0.481 e. The van der Waals surface area contributed by atoms with Crippen molar-refractivity contribution in [1.82, 2.24) is 0 Å². The van der Waals surface area contributed by atoms with Gasteiger partial charge in [0.25, 0.3) is 0 Å². The van der Waals surface area contributed by atoms with Gasteiger partial charge < -0.3 is 19.2 Å². The molecule has 124 valence electrons. The zero-order valence-electron chi connectivity index (χ0n) is 9.83. The van der Waals surface area contributed by atoms with Crippen LogP contribution in [0.2, 0.25) is 0 Å². The molecule has 2 aliphatic rings. The van der Waals surface area contributed by atoms with Crippen molar-refractivity contribution in [2.75, 3.05) is 13.2 Å². The van der Waals surface area contributed by atoms with Gasteiger partial charge in [-0.2, -0.15) is 4.31 Å². The molecular weight excluding hydrogens is 380 g/mol. The molecule has 0 spiro atoms. The Kier molecular flexibility index (Phi) is 5.30. The van der Waals surface area contributed by atoms with Crippen molar-refractivity contribution in [2.24, 2.45) is 0 Å². The van der Waals surface area contributed by atoms with Crippen LogP contribution in [0.25, 0.3) is 0 Å². The van der Waals surface area contributed by atoms with E-state index in [1.165, 1.54) is 0 Å². The van der Waals surface area contributed by atoms with E-state index in [9.17, 15) is 28.0 Å². The van der Waals surface area contributed by atoms with E-state index < -0.39 is 57.1 Å². The number of phosphoric acid groups is 3. The van der Waals surface area contributed by atoms with Crippen LogP contribution in [0.1, 0.15) is 0 Å². The van der Waals surface area contributed by atoms with Crippen molar-refractivity contribution < 1.29 is 59.7 Å². The van der Waals surface area contributed by atoms with Gasteiger partial charge in [-0.15, -0.1) is 0 Å². The first-order chi connectivity index (χ1) is 9.48. The van der Waals surface area contributed by atoms with Crippen LogP contribution < -0.4 is 0 Å². The second kappa shape index (κ2) is 6.22. The van der Waals surface area contributed by atoms with Gasteiger partial charge in [0, 0.05) is 0 Å². The summed E-state index contributed by atoms with van der Waals surface area (Å²) in [6.45, 7) is -1.42. The summed E-state index contributed by atoms with van der Waals surface area (Å²) in [5, 5.41) is 0. The Bertz CT molecular complexity index is 571. The molecule has 0 amide bonds. The quantitative estimate of drug-likeness (QED) is 0.528. The zero-order chi connectivity index (χ0) is 15.9. The van der Waals surface area contributed by atoms with Gasteiger partial charge >= 0.3 is 31.7 Å². The lowest BCUT2D eigenvalue weighted by molar-refractivity contribution is -0.00695. The molecule has 0 bridgehead atoms. The van der Waals surface area contributed by atoms with Crippen LogP contribution in [0.5, 0.6) is 0 Å². The highest BCUT2D eigenvalue weighted by Crippen LogP contribution is 2.64. The van der Waals surface area contributed by atoms with E-state index in [-0.39, 0.29) is 0 Å². The van der Waals surface area contributed by atoms with E-state index in [0.29, 0.717) is 0 Å². The molecule has 0 radical (unpaired) electrons. The van der Waals surface area contributed by atoms with Gasteiger partial charge in [-0.25, -0.2) is 18.0 Å². The zero-order valence-corrected chi connectivity index (χ0v) is 13.5. The van der Waals surface area contributed by atoms with Crippen molar-refractivity contribution >= 4 is 31.7 Å². The largest absolute Gasteiger partial charge is 0.481 e. The third-order valence-corrected chi connectivity index (χ3v) is 7.24. The minimum Gasteiger partial charge on any atom is -0.307 e. The first-order valence-electron chi connectivity index (χ1n) is 5.05. The highest BCUT2D eigenvalue weighted by atomic mass is 31.3. The third kappa shape index (κ3) is 5.30. The van der Waals surface area contributed by atoms with Gasteiger partial charge in [0.1, 0.15) is 12.2 Å². The number of rotatable bonds is 1. The van der Waals surface area contributed by atoms with E-state index >= 15 is 0 Å². The van der Waals surface area contributed by atoms with E-state index in [2.05, 4.69) is 26.7 Å². The normalized spacial score (nSPS) is 52.8. The summed E-state index contributed by atoms with van der Waals surface area (Å²) >= 11 is 0. The van der Waals surface area contributed by atoms with E-state index in [0.717, 1.165) is 0 Å². The predicted octanol–water partition coefficient (Wildman–Crippen LogP) is 0.541. The maximum absolute atomic E-state index is 11.4. The van der Waals surface area contributed by atoms with Crippen molar-refractivity contribution in [1.29, 1.82) is 0 Å². The Morgan fingerprint density at radius 3 is 2.14 bits per heavy atom. The van der Waals surface area contributed by atoms with Gasteiger partial charge in [0.2, 0.25) is 0 Å². The second-order valence-electron chi connectivity index (χ2n) is 3.72. The molecule has 3 N–H and O–H groups in total. The standard InChI is InChI=1S/C4H10O13P4/c5-18-12-1-3(14-20(8,9)16-18)4-2-13-19(6,7)17-21(10,11)15-4/h3-4,18H,1-2H2,(H,6,7)(H,8,9)(H,10,11)/t3-,4+/m0/s1. The predicted molar refractivity (Wildman–Crippen MR) is 62.3 cm³/mol. The van der Waals surface area contributed by atoms with Gasteiger partial charge in [-0.3, -0.25) is 18.1 Å².